The van der Waals surface area contributed by atoms with Crippen LogP contribution in [-0.4, -0.2) is 43.3 Å². The summed E-state index contributed by atoms with van der Waals surface area (Å²) < 4.78 is 28.7. The van der Waals surface area contributed by atoms with Crippen LogP contribution in [0.5, 0.6) is 0 Å². The molecule has 0 saturated heterocycles. The lowest BCUT2D eigenvalue weighted by Gasteiger charge is -2.35. The third kappa shape index (κ3) is 8.52. The standard InChI is InChI=1S/C29H31Cl4N3O4S/c1-5-26(28(38)34-29(2,3)4)35(17-23-24(32)10-7-11-25(23)33)27(37)18-36(21-9-6-8-20(31)16-21)41(39,40)22-14-12-19(30)13-15-22/h6-16,26H,5,17-18H2,1-4H3,(H,34,38). The van der Waals surface area contributed by atoms with Crippen LogP contribution in [0.15, 0.2) is 71.6 Å². The van der Waals surface area contributed by atoms with Crippen molar-refractivity contribution in [2.45, 2.75) is 57.1 Å². The number of hydrogen-bond acceptors (Lipinski definition) is 4. The Kier molecular flexibility index (Phi) is 11.0. The van der Waals surface area contributed by atoms with E-state index in [0.717, 1.165) is 4.31 Å². The molecule has 0 saturated carbocycles. The van der Waals surface area contributed by atoms with E-state index in [2.05, 4.69) is 5.32 Å². The van der Waals surface area contributed by atoms with Crippen molar-refractivity contribution in [2.24, 2.45) is 0 Å². The van der Waals surface area contributed by atoms with E-state index in [-0.39, 0.29) is 28.6 Å². The first kappa shape index (κ1) is 33.0. The second-order valence-electron chi connectivity index (χ2n) is 10.3. The van der Waals surface area contributed by atoms with Gasteiger partial charge in [-0.05, 0) is 81.8 Å². The SMILES string of the molecule is CCC(C(=O)NC(C)(C)C)N(Cc1c(Cl)cccc1Cl)C(=O)CN(c1cccc(Cl)c1)S(=O)(=O)c1ccc(Cl)cc1. The van der Waals surface area contributed by atoms with Gasteiger partial charge in [0.05, 0.1) is 10.6 Å². The van der Waals surface area contributed by atoms with Crippen molar-refractivity contribution in [3.05, 3.63) is 92.4 Å². The van der Waals surface area contributed by atoms with E-state index in [1.165, 1.54) is 41.3 Å². The summed E-state index contributed by atoms with van der Waals surface area (Å²) in [5, 5.41) is 4.16. The minimum absolute atomic E-state index is 0.0760. The number of sulfonamides is 1. The highest BCUT2D eigenvalue weighted by atomic mass is 35.5. The first-order valence-corrected chi connectivity index (χ1v) is 15.7. The Morgan fingerprint density at radius 3 is 2.00 bits per heavy atom. The molecule has 0 spiro atoms. The summed E-state index contributed by atoms with van der Waals surface area (Å²) in [7, 11) is -4.27. The van der Waals surface area contributed by atoms with Crippen LogP contribution in [-0.2, 0) is 26.2 Å². The van der Waals surface area contributed by atoms with E-state index in [4.69, 9.17) is 46.4 Å². The molecule has 220 valence electrons. The second kappa shape index (κ2) is 13.7. The highest BCUT2D eigenvalue weighted by molar-refractivity contribution is 7.92. The van der Waals surface area contributed by atoms with Crippen LogP contribution in [0.25, 0.3) is 0 Å². The van der Waals surface area contributed by atoms with Gasteiger partial charge in [0.1, 0.15) is 12.6 Å². The van der Waals surface area contributed by atoms with Gasteiger partial charge >= 0.3 is 0 Å². The molecular weight excluding hydrogens is 628 g/mol. The monoisotopic (exact) mass is 657 g/mol. The lowest BCUT2D eigenvalue weighted by atomic mass is 10.1. The highest BCUT2D eigenvalue weighted by Gasteiger charge is 2.35. The molecule has 0 radical (unpaired) electrons. The summed E-state index contributed by atoms with van der Waals surface area (Å²) in [6.07, 6.45) is 0.247. The molecule has 0 bridgehead atoms. The lowest BCUT2D eigenvalue weighted by molar-refractivity contribution is -0.141. The summed E-state index contributed by atoms with van der Waals surface area (Å²) >= 11 is 25.1. The molecule has 3 aromatic carbocycles. The largest absolute Gasteiger partial charge is 0.350 e. The average Bonchev–Trinajstić information content (AvgIpc) is 2.87. The van der Waals surface area contributed by atoms with Gasteiger partial charge in [-0.1, -0.05) is 65.5 Å². The predicted octanol–water partition coefficient (Wildman–Crippen LogP) is 7.22. The maximum absolute atomic E-state index is 14.1. The molecule has 41 heavy (non-hydrogen) atoms. The average molecular weight is 659 g/mol. The summed E-state index contributed by atoms with van der Waals surface area (Å²) in [4.78, 5) is 28.8. The van der Waals surface area contributed by atoms with Gasteiger partial charge in [-0.3, -0.25) is 13.9 Å². The Bertz CT molecular complexity index is 1490. The fraction of sp³-hybridized carbons (Fsp3) is 0.310. The number of rotatable bonds is 10. The fourth-order valence-corrected chi connectivity index (χ4v) is 6.35. The quantitative estimate of drug-likeness (QED) is 0.249. The first-order chi connectivity index (χ1) is 19.1. The first-order valence-electron chi connectivity index (χ1n) is 12.7. The van der Waals surface area contributed by atoms with Crippen molar-refractivity contribution in [3.63, 3.8) is 0 Å². The van der Waals surface area contributed by atoms with Gasteiger partial charge in [-0.2, -0.15) is 0 Å². The number of nitrogens with one attached hydrogen (secondary N) is 1. The van der Waals surface area contributed by atoms with E-state index in [1.807, 2.05) is 20.8 Å². The van der Waals surface area contributed by atoms with Crippen molar-refractivity contribution in [3.8, 4) is 0 Å². The van der Waals surface area contributed by atoms with E-state index in [0.29, 0.717) is 20.6 Å². The van der Waals surface area contributed by atoms with Crippen LogP contribution in [0, 0.1) is 0 Å². The third-order valence-corrected chi connectivity index (χ3v) is 9.03. The minimum atomic E-state index is -4.27. The zero-order valence-corrected chi connectivity index (χ0v) is 26.8. The van der Waals surface area contributed by atoms with Crippen molar-refractivity contribution in [2.75, 3.05) is 10.8 Å². The van der Waals surface area contributed by atoms with E-state index in [9.17, 15) is 18.0 Å². The highest BCUT2D eigenvalue weighted by Crippen LogP contribution is 2.30. The Morgan fingerprint density at radius 2 is 1.46 bits per heavy atom. The lowest BCUT2D eigenvalue weighted by Crippen LogP contribution is -2.55. The summed E-state index contributed by atoms with van der Waals surface area (Å²) in [5.74, 6) is -1.04. The molecule has 0 aliphatic heterocycles. The van der Waals surface area contributed by atoms with Gasteiger partial charge in [0.25, 0.3) is 10.0 Å². The Balaban J connectivity index is 2.12. The number of benzene rings is 3. The number of amides is 2. The van der Waals surface area contributed by atoms with Gasteiger partial charge in [0, 0.05) is 37.7 Å². The van der Waals surface area contributed by atoms with Gasteiger partial charge < -0.3 is 10.2 Å². The molecule has 1 unspecified atom stereocenters. The van der Waals surface area contributed by atoms with Gasteiger partial charge in [-0.15, -0.1) is 0 Å². The molecule has 3 aromatic rings. The van der Waals surface area contributed by atoms with Crippen LogP contribution in [0.2, 0.25) is 20.1 Å². The Labute approximate surface area is 261 Å². The van der Waals surface area contributed by atoms with Crippen LogP contribution in [0.1, 0.15) is 39.7 Å². The van der Waals surface area contributed by atoms with E-state index < -0.39 is 40.0 Å². The number of hydrogen-bond donors (Lipinski definition) is 1. The van der Waals surface area contributed by atoms with Crippen LogP contribution >= 0.6 is 46.4 Å². The number of anilines is 1. The number of carbonyl (C=O) groups excluding carboxylic acids is 2. The molecule has 7 nitrogen and oxygen atoms in total. The van der Waals surface area contributed by atoms with Gasteiger partial charge in [0.2, 0.25) is 11.8 Å². The van der Waals surface area contributed by atoms with Crippen LogP contribution in [0.3, 0.4) is 0 Å². The minimum Gasteiger partial charge on any atom is -0.350 e. The molecule has 3 rings (SSSR count). The molecule has 1 atom stereocenters. The molecule has 0 heterocycles. The molecule has 0 aliphatic carbocycles. The van der Waals surface area contributed by atoms with Crippen molar-refractivity contribution in [1.82, 2.24) is 10.2 Å². The summed E-state index contributed by atoms with van der Waals surface area (Å²) in [6, 6.07) is 15.7. The number of carbonyl (C=O) groups is 2. The summed E-state index contributed by atoms with van der Waals surface area (Å²) in [5.41, 5.74) is 0.0243. The smallest absolute Gasteiger partial charge is 0.264 e. The van der Waals surface area contributed by atoms with Crippen molar-refractivity contribution in [1.29, 1.82) is 0 Å². The fourth-order valence-electron chi connectivity index (χ4n) is 4.12. The molecule has 0 fully saturated rings. The van der Waals surface area contributed by atoms with Crippen molar-refractivity contribution < 1.29 is 18.0 Å². The Morgan fingerprint density at radius 1 is 0.878 bits per heavy atom. The number of nitrogens with zero attached hydrogens (tertiary/aromatic N) is 2. The predicted molar refractivity (Wildman–Crippen MR) is 166 cm³/mol. The molecule has 12 heteroatoms. The van der Waals surface area contributed by atoms with Crippen LogP contribution < -0.4 is 9.62 Å². The zero-order chi connectivity index (χ0) is 30.5. The van der Waals surface area contributed by atoms with E-state index in [1.54, 1.807) is 37.3 Å². The Hall–Kier alpha value is -2.49. The zero-order valence-electron chi connectivity index (χ0n) is 23.0. The normalized spacial score (nSPS) is 12.5. The molecular formula is C29H31Cl4N3O4S. The van der Waals surface area contributed by atoms with Crippen molar-refractivity contribution >= 4 is 73.9 Å². The van der Waals surface area contributed by atoms with E-state index >= 15 is 0 Å². The molecule has 0 aromatic heterocycles. The third-order valence-electron chi connectivity index (χ3n) is 6.05. The van der Waals surface area contributed by atoms with Gasteiger partial charge in [-0.25, -0.2) is 8.42 Å². The molecule has 1 N–H and O–H groups in total. The maximum atomic E-state index is 14.1. The summed E-state index contributed by atoms with van der Waals surface area (Å²) in [6.45, 7) is 6.49. The molecule has 0 aliphatic rings. The maximum Gasteiger partial charge on any atom is 0.264 e. The van der Waals surface area contributed by atoms with Crippen LogP contribution in [0.4, 0.5) is 5.69 Å². The topological polar surface area (TPSA) is 86.8 Å². The number of halogens is 4. The molecule has 2 amide bonds. The van der Waals surface area contributed by atoms with Gasteiger partial charge in [0.15, 0.2) is 0 Å². The second-order valence-corrected chi connectivity index (χ2v) is 13.9.